The van der Waals surface area contributed by atoms with Crippen LogP contribution in [0.15, 0.2) is 24.3 Å². The molecule has 0 fully saturated rings. The van der Waals surface area contributed by atoms with Crippen molar-refractivity contribution in [3.05, 3.63) is 29.8 Å². The van der Waals surface area contributed by atoms with Crippen molar-refractivity contribution in [2.45, 2.75) is 33.6 Å². The lowest BCUT2D eigenvalue weighted by atomic mass is 10.1. The largest absolute Gasteiger partial charge is 0.494 e. The van der Waals surface area contributed by atoms with E-state index in [-0.39, 0.29) is 37.2 Å². The molecule has 0 spiro atoms. The van der Waals surface area contributed by atoms with Gasteiger partial charge in [-0.1, -0.05) is 12.1 Å². The van der Waals surface area contributed by atoms with E-state index >= 15 is 0 Å². The monoisotopic (exact) mass is 364 g/mol. The molecule has 0 bridgehead atoms. The number of ether oxygens (including phenoxy) is 2. The second kappa shape index (κ2) is 11.9. The molecule has 0 radical (unpaired) electrons. The molecule has 0 saturated heterocycles. The zero-order valence-electron chi connectivity index (χ0n) is 15.7. The molecule has 26 heavy (non-hydrogen) atoms. The fourth-order valence-corrected chi connectivity index (χ4v) is 2.34. The first-order valence-corrected chi connectivity index (χ1v) is 8.85. The van der Waals surface area contributed by atoms with Gasteiger partial charge in [-0.25, -0.2) is 0 Å². The van der Waals surface area contributed by atoms with Crippen LogP contribution in [-0.2, 0) is 25.5 Å². The van der Waals surface area contributed by atoms with Gasteiger partial charge in [0.15, 0.2) is 0 Å². The molecule has 1 aromatic rings. The van der Waals surface area contributed by atoms with Gasteiger partial charge in [0.1, 0.15) is 5.75 Å². The summed E-state index contributed by atoms with van der Waals surface area (Å²) in [5.41, 5.74) is 0.860. The first kappa shape index (κ1) is 21.5. The summed E-state index contributed by atoms with van der Waals surface area (Å²) in [4.78, 5) is 36.8. The van der Waals surface area contributed by atoms with E-state index in [1.165, 1.54) is 6.92 Å². The quantitative estimate of drug-likeness (QED) is 0.602. The van der Waals surface area contributed by atoms with Gasteiger partial charge >= 0.3 is 5.97 Å². The molecular formula is C19H28N2O5. The zero-order valence-corrected chi connectivity index (χ0v) is 15.7. The fourth-order valence-electron chi connectivity index (χ4n) is 2.34. The number of nitrogens with zero attached hydrogens (tertiary/aromatic N) is 1. The normalized spacial score (nSPS) is 10.1. The number of hydrogen-bond donors (Lipinski definition) is 1. The molecule has 1 rings (SSSR count). The van der Waals surface area contributed by atoms with Crippen LogP contribution in [0.2, 0.25) is 0 Å². The first-order chi connectivity index (χ1) is 12.5. The molecule has 0 atom stereocenters. The van der Waals surface area contributed by atoms with E-state index in [0.29, 0.717) is 26.3 Å². The Bertz CT molecular complexity index is 586. The van der Waals surface area contributed by atoms with Crippen LogP contribution in [0.5, 0.6) is 5.75 Å². The topological polar surface area (TPSA) is 84.9 Å². The zero-order chi connectivity index (χ0) is 19.4. The van der Waals surface area contributed by atoms with Crippen LogP contribution in [0, 0.1) is 0 Å². The molecular weight excluding hydrogens is 336 g/mol. The van der Waals surface area contributed by atoms with Crippen molar-refractivity contribution in [3.63, 3.8) is 0 Å². The maximum atomic E-state index is 12.6. The van der Waals surface area contributed by atoms with E-state index in [1.807, 2.05) is 31.2 Å². The third kappa shape index (κ3) is 8.50. The van der Waals surface area contributed by atoms with Gasteiger partial charge in [-0.15, -0.1) is 0 Å². The third-order valence-corrected chi connectivity index (χ3v) is 3.59. The number of carbonyl (C=O) groups is 3. The van der Waals surface area contributed by atoms with Gasteiger partial charge in [0.05, 0.1) is 26.1 Å². The van der Waals surface area contributed by atoms with Crippen LogP contribution in [0.25, 0.3) is 0 Å². The lowest BCUT2D eigenvalue weighted by molar-refractivity contribution is -0.144. The molecule has 0 aliphatic rings. The minimum absolute atomic E-state index is 0.108. The van der Waals surface area contributed by atoms with Crippen molar-refractivity contribution in [1.82, 2.24) is 10.2 Å². The van der Waals surface area contributed by atoms with Crippen LogP contribution in [0.1, 0.15) is 32.8 Å². The van der Waals surface area contributed by atoms with Crippen molar-refractivity contribution in [3.8, 4) is 5.75 Å². The Morgan fingerprint density at radius 2 is 1.73 bits per heavy atom. The Hall–Kier alpha value is -2.57. The molecule has 1 N–H and O–H groups in total. The fraction of sp³-hybridized carbons (Fsp3) is 0.526. The van der Waals surface area contributed by atoms with Gasteiger partial charge in [0.25, 0.3) is 0 Å². The van der Waals surface area contributed by atoms with E-state index in [9.17, 15) is 14.4 Å². The minimum Gasteiger partial charge on any atom is -0.494 e. The Labute approximate surface area is 154 Å². The highest BCUT2D eigenvalue weighted by molar-refractivity contribution is 5.79. The Balaban J connectivity index is 2.65. The van der Waals surface area contributed by atoms with Crippen molar-refractivity contribution in [2.24, 2.45) is 0 Å². The number of rotatable bonds is 11. The van der Waals surface area contributed by atoms with Crippen molar-refractivity contribution in [1.29, 1.82) is 0 Å². The number of nitrogens with one attached hydrogen (secondary N) is 1. The number of esters is 1. The molecule has 144 valence electrons. The molecule has 0 aliphatic carbocycles. The summed E-state index contributed by atoms with van der Waals surface area (Å²) in [5, 5.41) is 2.66. The molecule has 0 saturated carbocycles. The smallest absolute Gasteiger partial charge is 0.307 e. The number of benzene rings is 1. The van der Waals surface area contributed by atoms with Crippen molar-refractivity contribution < 1.29 is 23.9 Å². The molecule has 0 heterocycles. The van der Waals surface area contributed by atoms with E-state index < -0.39 is 0 Å². The number of hydrogen-bond acceptors (Lipinski definition) is 5. The molecule has 2 amide bonds. The lowest BCUT2D eigenvalue weighted by Gasteiger charge is -2.22. The highest BCUT2D eigenvalue weighted by Gasteiger charge is 2.16. The van der Waals surface area contributed by atoms with Gasteiger partial charge in [0.2, 0.25) is 11.8 Å². The molecule has 1 aromatic carbocycles. The summed E-state index contributed by atoms with van der Waals surface area (Å²) >= 11 is 0. The van der Waals surface area contributed by atoms with E-state index in [0.717, 1.165) is 11.3 Å². The van der Waals surface area contributed by atoms with Crippen LogP contribution < -0.4 is 10.1 Å². The van der Waals surface area contributed by atoms with Crippen molar-refractivity contribution in [2.75, 3.05) is 32.8 Å². The lowest BCUT2D eigenvalue weighted by Crippen LogP contribution is -2.40. The van der Waals surface area contributed by atoms with Gasteiger partial charge < -0.3 is 19.7 Å². The SMILES string of the molecule is CCOC(=O)CCN(CCNC(C)=O)C(=O)Cc1ccc(OCC)cc1. The van der Waals surface area contributed by atoms with E-state index in [1.54, 1.807) is 11.8 Å². The number of amides is 2. The average molecular weight is 364 g/mol. The summed E-state index contributed by atoms with van der Waals surface area (Å²) in [7, 11) is 0. The molecule has 7 heteroatoms. The maximum Gasteiger partial charge on any atom is 0.307 e. The summed E-state index contributed by atoms with van der Waals surface area (Å²) < 4.78 is 10.3. The standard InChI is InChI=1S/C19H28N2O5/c1-4-25-17-8-6-16(7-9-17)14-18(23)21(13-11-20-15(3)22)12-10-19(24)26-5-2/h6-9H,4-5,10-14H2,1-3H3,(H,20,22). The van der Waals surface area contributed by atoms with Crippen LogP contribution >= 0.6 is 0 Å². The van der Waals surface area contributed by atoms with Gasteiger partial charge in [-0.2, -0.15) is 0 Å². The molecule has 0 aliphatic heterocycles. The Kier molecular flexibility index (Phi) is 9.82. The van der Waals surface area contributed by atoms with Crippen LogP contribution in [0.4, 0.5) is 0 Å². The molecule has 0 unspecified atom stereocenters. The average Bonchev–Trinajstić information content (AvgIpc) is 2.59. The highest BCUT2D eigenvalue weighted by Crippen LogP contribution is 2.13. The van der Waals surface area contributed by atoms with Gasteiger partial charge in [0, 0.05) is 26.6 Å². The molecule has 0 aromatic heterocycles. The first-order valence-electron chi connectivity index (χ1n) is 8.85. The predicted molar refractivity (Wildman–Crippen MR) is 97.8 cm³/mol. The second-order valence-corrected chi connectivity index (χ2v) is 5.67. The maximum absolute atomic E-state index is 12.6. The van der Waals surface area contributed by atoms with Crippen LogP contribution in [0.3, 0.4) is 0 Å². The Morgan fingerprint density at radius 1 is 1.04 bits per heavy atom. The highest BCUT2D eigenvalue weighted by atomic mass is 16.5. The summed E-state index contributed by atoms with van der Waals surface area (Å²) in [6.07, 6.45) is 0.345. The summed E-state index contributed by atoms with van der Waals surface area (Å²) in [6.45, 7) is 6.91. The predicted octanol–water partition coefficient (Wildman–Crippen LogP) is 1.55. The van der Waals surface area contributed by atoms with E-state index in [4.69, 9.17) is 9.47 Å². The number of carbonyl (C=O) groups excluding carboxylic acids is 3. The van der Waals surface area contributed by atoms with Crippen molar-refractivity contribution >= 4 is 17.8 Å². The van der Waals surface area contributed by atoms with Crippen LogP contribution in [-0.4, -0.2) is 55.5 Å². The van der Waals surface area contributed by atoms with Gasteiger partial charge in [-0.05, 0) is 31.5 Å². The van der Waals surface area contributed by atoms with E-state index in [2.05, 4.69) is 5.32 Å². The summed E-state index contributed by atoms with van der Waals surface area (Å²) in [6, 6.07) is 7.35. The second-order valence-electron chi connectivity index (χ2n) is 5.67. The van der Waals surface area contributed by atoms with Gasteiger partial charge in [-0.3, -0.25) is 14.4 Å². The third-order valence-electron chi connectivity index (χ3n) is 3.59. The molecule has 7 nitrogen and oxygen atoms in total. The minimum atomic E-state index is -0.342. The summed E-state index contributed by atoms with van der Waals surface area (Å²) in [5.74, 6) is 0.150. The Morgan fingerprint density at radius 3 is 2.31 bits per heavy atom.